The lowest BCUT2D eigenvalue weighted by molar-refractivity contribution is -0.143. The van der Waals surface area contributed by atoms with Crippen molar-refractivity contribution < 1.29 is 19.0 Å². The molecule has 0 radical (unpaired) electrons. The van der Waals surface area contributed by atoms with E-state index in [4.69, 9.17) is 14.2 Å². The van der Waals surface area contributed by atoms with E-state index in [-0.39, 0.29) is 6.10 Å². The predicted octanol–water partition coefficient (Wildman–Crippen LogP) is 1.28. The highest BCUT2D eigenvalue weighted by atomic mass is 32.2. The molecule has 2 atom stereocenters. The summed E-state index contributed by atoms with van der Waals surface area (Å²) >= 11 is 1.49. The first-order valence-corrected chi connectivity index (χ1v) is 7.60. The summed E-state index contributed by atoms with van der Waals surface area (Å²) in [5.41, 5.74) is 1.24. The number of esters is 1. The van der Waals surface area contributed by atoms with E-state index >= 15 is 0 Å². The number of hydrogen-bond acceptors (Lipinski definition) is 7. The van der Waals surface area contributed by atoms with Crippen LogP contribution in [-0.2, 0) is 19.0 Å². The fourth-order valence-electron chi connectivity index (χ4n) is 2.30. The number of allylic oxidation sites excluding steroid dienone is 1. The van der Waals surface area contributed by atoms with Crippen molar-refractivity contribution in [3.63, 3.8) is 0 Å². The molecule has 0 spiro atoms. The third kappa shape index (κ3) is 2.99. The first kappa shape index (κ1) is 15.3. The smallest absolute Gasteiger partial charge is 0.337 e. The maximum Gasteiger partial charge on any atom is 0.337 e. The van der Waals surface area contributed by atoms with Crippen LogP contribution in [0.1, 0.15) is 20.8 Å². The van der Waals surface area contributed by atoms with Crippen molar-refractivity contribution in [3.8, 4) is 0 Å². The van der Waals surface area contributed by atoms with E-state index in [1.165, 1.54) is 18.9 Å². The average molecular weight is 300 g/mol. The first-order chi connectivity index (χ1) is 9.38. The number of hydrogen-bond donors (Lipinski definition) is 1. The molecule has 0 aromatic carbocycles. The minimum Gasteiger partial charge on any atom is -0.466 e. The average Bonchev–Trinajstić information content (AvgIpc) is 2.77. The Morgan fingerprint density at radius 1 is 1.55 bits per heavy atom. The second kappa shape index (κ2) is 5.75. The Morgan fingerprint density at radius 3 is 2.75 bits per heavy atom. The molecule has 20 heavy (non-hydrogen) atoms. The zero-order valence-electron chi connectivity index (χ0n) is 12.4. The third-order valence-electron chi connectivity index (χ3n) is 3.23. The van der Waals surface area contributed by atoms with Gasteiger partial charge in [0.1, 0.15) is 12.1 Å². The van der Waals surface area contributed by atoms with Crippen LogP contribution in [0.4, 0.5) is 0 Å². The second-order valence-electron chi connectivity index (χ2n) is 5.11. The summed E-state index contributed by atoms with van der Waals surface area (Å²) < 4.78 is 16.3. The van der Waals surface area contributed by atoms with Gasteiger partial charge in [-0.25, -0.2) is 4.79 Å². The Morgan fingerprint density at radius 2 is 2.25 bits per heavy atom. The SMILES string of the molecule is COC(=O)C1=C(C)NC(SC)=NC1[C@H]1COC(C)(C)O1. The van der Waals surface area contributed by atoms with Gasteiger partial charge in [0.25, 0.3) is 0 Å². The molecule has 2 heterocycles. The summed E-state index contributed by atoms with van der Waals surface area (Å²) in [6.45, 7) is 5.94. The molecular weight excluding hydrogens is 280 g/mol. The van der Waals surface area contributed by atoms with Gasteiger partial charge in [0.15, 0.2) is 11.0 Å². The highest BCUT2D eigenvalue weighted by Crippen LogP contribution is 2.31. The molecule has 0 aromatic rings. The van der Waals surface area contributed by atoms with E-state index in [1.807, 2.05) is 27.0 Å². The lowest BCUT2D eigenvalue weighted by atomic mass is 9.99. The Labute approximate surface area is 122 Å². The Hall–Kier alpha value is -1.05. The van der Waals surface area contributed by atoms with E-state index < -0.39 is 17.8 Å². The van der Waals surface area contributed by atoms with Crippen LogP contribution in [0, 0.1) is 0 Å². The molecule has 7 heteroatoms. The number of nitrogens with one attached hydrogen (secondary N) is 1. The van der Waals surface area contributed by atoms with Gasteiger partial charge in [-0.15, -0.1) is 0 Å². The van der Waals surface area contributed by atoms with E-state index in [9.17, 15) is 4.79 Å². The number of methoxy groups -OCH3 is 1. The Bertz CT molecular complexity index is 473. The topological polar surface area (TPSA) is 69.2 Å². The summed E-state index contributed by atoms with van der Waals surface area (Å²) in [7, 11) is 1.36. The molecular formula is C13H20N2O4S. The first-order valence-electron chi connectivity index (χ1n) is 6.37. The standard InChI is InChI=1S/C13H20N2O4S/c1-7-9(11(16)17-4)10(15-12(14-7)20-5)8-6-18-13(2,3)19-8/h8,10H,6H2,1-5H3,(H,14,15)/t8-,10?/m1/s1. The summed E-state index contributed by atoms with van der Waals surface area (Å²) in [5.74, 6) is -1.04. The fraction of sp³-hybridized carbons (Fsp3) is 0.692. The summed E-state index contributed by atoms with van der Waals surface area (Å²) in [4.78, 5) is 16.6. The van der Waals surface area contributed by atoms with Gasteiger partial charge in [0.2, 0.25) is 0 Å². The largest absolute Gasteiger partial charge is 0.466 e. The normalized spacial score (nSPS) is 28.9. The Balaban J connectivity index is 2.31. The summed E-state index contributed by atoms with van der Waals surface area (Å²) in [5, 5.41) is 3.86. The van der Waals surface area contributed by atoms with Crippen molar-refractivity contribution in [3.05, 3.63) is 11.3 Å². The van der Waals surface area contributed by atoms with Crippen molar-refractivity contribution in [2.75, 3.05) is 20.0 Å². The van der Waals surface area contributed by atoms with Crippen LogP contribution in [0.2, 0.25) is 0 Å². The number of aliphatic imine (C=N–C) groups is 1. The number of rotatable bonds is 2. The van der Waals surface area contributed by atoms with Gasteiger partial charge in [0.05, 0.1) is 19.3 Å². The zero-order valence-corrected chi connectivity index (χ0v) is 13.2. The maximum atomic E-state index is 12.0. The summed E-state index contributed by atoms with van der Waals surface area (Å²) in [6, 6.07) is -0.409. The molecule has 0 saturated carbocycles. The molecule has 1 fully saturated rings. The van der Waals surface area contributed by atoms with E-state index in [2.05, 4.69) is 10.3 Å². The lowest BCUT2D eigenvalue weighted by Gasteiger charge is -2.28. The zero-order chi connectivity index (χ0) is 14.9. The molecule has 0 aliphatic carbocycles. The third-order valence-corrected chi connectivity index (χ3v) is 3.83. The van der Waals surface area contributed by atoms with Crippen LogP contribution < -0.4 is 5.32 Å². The van der Waals surface area contributed by atoms with Crippen LogP contribution >= 0.6 is 11.8 Å². The molecule has 1 N–H and O–H groups in total. The highest BCUT2D eigenvalue weighted by Gasteiger charge is 2.42. The molecule has 0 amide bonds. The lowest BCUT2D eigenvalue weighted by Crippen LogP contribution is -2.41. The minimum absolute atomic E-state index is 0.293. The van der Waals surface area contributed by atoms with Gasteiger partial charge in [0, 0.05) is 5.70 Å². The van der Waals surface area contributed by atoms with Crippen LogP contribution in [0.3, 0.4) is 0 Å². The molecule has 0 aromatic heterocycles. The van der Waals surface area contributed by atoms with Crippen molar-refractivity contribution in [1.29, 1.82) is 0 Å². The van der Waals surface area contributed by atoms with Crippen molar-refractivity contribution >= 4 is 22.9 Å². The van der Waals surface area contributed by atoms with Gasteiger partial charge < -0.3 is 19.5 Å². The van der Waals surface area contributed by atoms with Gasteiger partial charge in [-0.2, -0.15) is 0 Å². The van der Waals surface area contributed by atoms with Gasteiger partial charge in [-0.3, -0.25) is 4.99 Å². The molecule has 1 unspecified atom stereocenters. The monoisotopic (exact) mass is 300 g/mol. The van der Waals surface area contributed by atoms with Crippen LogP contribution in [-0.4, -0.2) is 49.0 Å². The molecule has 0 bridgehead atoms. The number of carbonyl (C=O) groups is 1. The van der Waals surface area contributed by atoms with E-state index in [1.54, 1.807) is 0 Å². The van der Waals surface area contributed by atoms with Gasteiger partial charge >= 0.3 is 5.97 Å². The van der Waals surface area contributed by atoms with Crippen LogP contribution in [0.15, 0.2) is 16.3 Å². The van der Waals surface area contributed by atoms with Crippen molar-refractivity contribution in [2.24, 2.45) is 4.99 Å². The molecule has 6 nitrogen and oxygen atoms in total. The van der Waals surface area contributed by atoms with Gasteiger partial charge in [-0.1, -0.05) is 11.8 Å². The summed E-state index contributed by atoms with van der Waals surface area (Å²) in [6.07, 6.45) is 1.63. The number of thioether (sulfide) groups is 1. The highest BCUT2D eigenvalue weighted by molar-refractivity contribution is 8.13. The number of carbonyl (C=O) groups excluding carboxylic acids is 1. The predicted molar refractivity (Wildman–Crippen MR) is 77.5 cm³/mol. The molecule has 2 aliphatic rings. The second-order valence-corrected chi connectivity index (χ2v) is 5.90. The maximum absolute atomic E-state index is 12.0. The van der Waals surface area contributed by atoms with Crippen LogP contribution in [0.25, 0.3) is 0 Å². The molecule has 2 aliphatic heterocycles. The minimum atomic E-state index is -0.653. The van der Waals surface area contributed by atoms with Crippen molar-refractivity contribution in [2.45, 2.75) is 38.7 Å². The van der Waals surface area contributed by atoms with E-state index in [0.717, 1.165) is 10.9 Å². The number of nitrogens with zero attached hydrogens (tertiary/aromatic N) is 1. The van der Waals surface area contributed by atoms with Gasteiger partial charge in [-0.05, 0) is 27.0 Å². The molecule has 112 valence electrons. The fourth-order valence-corrected chi connectivity index (χ4v) is 2.77. The molecule has 1 saturated heterocycles. The van der Waals surface area contributed by atoms with E-state index in [0.29, 0.717) is 12.2 Å². The quantitative estimate of drug-likeness (QED) is 0.775. The van der Waals surface area contributed by atoms with Crippen LogP contribution in [0.5, 0.6) is 0 Å². The Kier molecular flexibility index (Phi) is 4.41. The number of amidine groups is 1. The molecule has 2 rings (SSSR count). The van der Waals surface area contributed by atoms with Crippen molar-refractivity contribution in [1.82, 2.24) is 5.32 Å². The number of ether oxygens (including phenoxy) is 3.